The number of aromatic nitrogens is 2. The molecule has 6 heteroatoms. The molecule has 104 valence electrons. The summed E-state index contributed by atoms with van der Waals surface area (Å²) in [6.45, 7) is 1.22. The molecular formula is C14H15FN4O. The van der Waals surface area contributed by atoms with Crippen molar-refractivity contribution in [3.8, 4) is 0 Å². The molecule has 1 amide bonds. The van der Waals surface area contributed by atoms with Crippen LogP contribution >= 0.6 is 0 Å². The van der Waals surface area contributed by atoms with Gasteiger partial charge in [0, 0.05) is 13.1 Å². The van der Waals surface area contributed by atoms with Crippen LogP contribution in [0.3, 0.4) is 0 Å². The van der Waals surface area contributed by atoms with Crippen LogP contribution in [0.1, 0.15) is 12.8 Å². The largest absolute Gasteiger partial charge is 0.369 e. The lowest BCUT2D eigenvalue weighted by molar-refractivity contribution is -0.122. The van der Waals surface area contributed by atoms with Crippen molar-refractivity contribution in [2.24, 2.45) is 11.7 Å². The van der Waals surface area contributed by atoms with Crippen LogP contribution in [0.25, 0.3) is 10.9 Å². The number of anilines is 1. The van der Waals surface area contributed by atoms with Crippen LogP contribution in [-0.2, 0) is 4.79 Å². The SMILES string of the molecule is NC(=O)[C@@H]1CCCN(c2ncnc3cccc(F)c23)C1. The predicted octanol–water partition coefficient (Wildman–Crippen LogP) is 1.47. The fourth-order valence-electron chi connectivity index (χ4n) is 2.69. The second-order valence-electron chi connectivity index (χ2n) is 5.02. The first-order chi connectivity index (χ1) is 9.66. The Balaban J connectivity index is 2.03. The van der Waals surface area contributed by atoms with Gasteiger partial charge in [0.15, 0.2) is 0 Å². The molecule has 0 spiro atoms. The minimum absolute atomic E-state index is 0.208. The summed E-state index contributed by atoms with van der Waals surface area (Å²) < 4.78 is 14.1. The topological polar surface area (TPSA) is 72.1 Å². The van der Waals surface area contributed by atoms with Crippen LogP contribution in [0.2, 0.25) is 0 Å². The third-order valence-corrected chi connectivity index (χ3v) is 3.72. The average molecular weight is 274 g/mol. The van der Waals surface area contributed by atoms with E-state index in [-0.39, 0.29) is 17.6 Å². The first-order valence-electron chi connectivity index (χ1n) is 6.60. The molecule has 1 saturated heterocycles. The minimum Gasteiger partial charge on any atom is -0.369 e. The molecule has 1 aliphatic rings. The third kappa shape index (κ3) is 2.17. The van der Waals surface area contributed by atoms with Gasteiger partial charge in [0.2, 0.25) is 5.91 Å². The number of rotatable bonds is 2. The van der Waals surface area contributed by atoms with Crippen LogP contribution in [0.4, 0.5) is 10.2 Å². The van der Waals surface area contributed by atoms with Crippen LogP contribution < -0.4 is 10.6 Å². The van der Waals surface area contributed by atoms with E-state index in [1.165, 1.54) is 12.4 Å². The molecule has 1 aromatic carbocycles. The summed E-state index contributed by atoms with van der Waals surface area (Å²) in [4.78, 5) is 21.6. The monoisotopic (exact) mass is 274 g/mol. The molecule has 0 saturated carbocycles. The summed E-state index contributed by atoms with van der Waals surface area (Å²) in [7, 11) is 0. The van der Waals surface area contributed by atoms with Crippen molar-refractivity contribution >= 4 is 22.6 Å². The van der Waals surface area contributed by atoms with E-state index in [2.05, 4.69) is 9.97 Å². The second-order valence-corrected chi connectivity index (χ2v) is 5.02. The number of piperidine rings is 1. The van der Waals surface area contributed by atoms with E-state index < -0.39 is 0 Å². The molecule has 1 aromatic heterocycles. The van der Waals surface area contributed by atoms with E-state index in [0.29, 0.717) is 23.3 Å². The number of carbonyl (C=O) groups excluding carboxylic acids is 1. The quantitative estimate of drug-likeness (QED) is 0.900. The highest BCUT2D eigenvalue weighted by atomic mass is 19.1. The fraction of sp³-hybridized carbons (Fsp3) is 0.357. The summed E-state index contributed by atoms with van der Waals surface area (Å²) in [5.41, 5.74) is 5.94. The van der Waals surface area contributed by atoms with Gasteiger partial charge in [0.25, 0.3) is 0 Å². The zero-order valence-electron chi connectivity index (χ0n) is 10.9. The maximum absolute atomic E-state index is 14.1. The Labute approximate surface area is 115 Å². The molecule has 2 N–H and O–H groups in total. The van der Waals surface area contributed by atoms with Crippen LogP contribution in [0, 0.1) is 11.7 Å². The lowest BCUT2D eigenvalue weighted by Gasteiger charge is -2.32. The normalized spacial score (nSPS) is 19.2. The highest BCUT2D eigenvalue weighted by Gasteiger charge is 2.26. The Morgan fingerprint density at radius 3 is 3.05 bits per heavy atom. The standard InChI is InChI=1S/C14H15FN4O/c15-10-4-1-5-11-12(10)14(18-8-17-11)19-6-2-3-9(7-19)13(16)20/h1,4-5,8-9H,2-3,6-7H2,(H2,16,20)/t9-/m1/s1. The van der Waals surface area contributed by atoms with Gasteiger partial charge in [-0.15, -0.1) is 0 Å². The molecule has 3 rings (SSSR count). The molecule has 20 heavy (non-hydrogen) atoms. The summed E-state index contributed by atoms with van der Waals surface area (Å²) in [6.07, 6.45) is 3.04. The number of carbonyl (C=O) groups is 1. The van der Waals surface area contributed by atoms with Crippen LogP contribution in [0.15, 0.2) is 24.5 Å². The number of hydrogen-bond acceptors (Lipinski definition) is 4. The Morgan fingerprint density at radius 1 is 1.40 bits per heavy atom. The van der Waals surface area contributed by atoms with Gasteiger partial charge in [-0.25, -0.2) is 14.4 Å². The molecule has 0 aliphatic carbocycles. The molecular weight excluding hydrogens is 259 g/mol. The number of nitrogens with zero attached hydrogens (tertiary/aromatic N) is 3. The summed E-state index contributed by atoms with van der Waals surface area (Å²) in [6, 6.07) is 4.76. The fourth-order valence-corrected chi connectivity index (χ4v) is 2.69. The summed E-state index contributed by atoms with van der Waals surface area (Å²) in [5, 5.41) is 0.403. The van der Waals surface area contributed by atoms with Crippen molar-refractivity contribution in [2.75, 3.05) is 18.0 Å². The summed E-state index contributed by atoms with van der Waals surface area (Å²) in [5.74, 6) is -0.326. The van der Waals surface area contributed by atoms with Gasteiger partial charge in [0.1, 0.15) is 18.0 Å². The van der Waals surface area contributed by atoms with E-state index in [4.69, 9.17) is 5.73 Å². The second kappa shape index (κ2) is 5.03. The van der Waals surface area contributed by atoms with E-state index in [1.807, 2.05) is 4.90 Å². The first-order valence-corrected chi connectivity index (χ1v) is 6.60. The first kappa shape index (κ1) is 12.8. The highest BCUT2D eigenvalue weighted by Crippen LogP contribution is 2.29. The third-order valence-electron chi connectivity index (χ3n) is 3.72. The molecule has 2 heterocycles. The van der Waals surface area contributed by atoms with E-state index in [0.717, 1.165) is 19.4 Å². The number of amides is 1. The zero-order chi connectivity index (χ0) is 14.1. The molecule has 5 nitrogen and oxygen atoms in total. The average Bonchev–Trinajstić information content (AvgIpc) is 2.47. The molecule has 2 aromatic rings. The molecule has 1 atom stereocenters. The van der Waals surface area contributed by atoms with Gasteiger partial charge in [0.05, 0.1) is 16.8 Å². The maximum Gasteiger partial charge on any atom is 0.222 e. The molecule has 1 aliphatic heterocycles. The molecule has 0 unspecified atom stereocenters. The maximum atomic E-state index is 14.1. The Bertz CT molecular complexity index is 655. The number of primary amides is 1. The number of hydrogen-bond donors (Lipinski definition) is 1. The van der Waals surface area contributed by atoms with Crippen LogP contribution in [-0.4, -0.2) is 29.0 Å². The van der Waals surface area contributed by atoms with Crippen molar-refractivity contribution < 1.29 is 9.18 Å². The van der Waals surface area contributed by atoms with Crippen molar-refractivity contribution in [2.45, 2.75) is 12.8 Å². The Hall–Kier alpha value is -2.24. The zero-order valence-corrected chi connectivity index (χ0v) is 10.9. The lowest BCUT2D eigenvalue weighted by Crippen LogP contribution is -2.41. The molecule has 1 fully saturated rings. The Morgan fingerprint density at radius 2 is 2.25 bits per heavy atom. The van der Waals surface area contributed by atoms with Crippen molar-refractivity contribution in [3.05, 3.63) is 30.3 Å². The van der Waals surface area contributed by atoms with Gasteiger partial charge in [-0.3, -0.25) is 4.79 Å². The minimum atomic E-state index is -0.348. The van der Waals surface area contributed by atoms with E-state index in [1.54, 1.807) is 12.1 Å². The number of nitrogens with two attached hydrogens (primary N) is 1. The van der Waals surface area contributed by atoms with Crippen molar-refractivity contribution in [1.29, 1.82) is 0 Å². The predicted molar refractivity (Wildman–Crippen MR) is 73.6 cm³/mol. The van der Waals surface area contributed by atoms with Gasteiger partial charge in [-0.2, -0.15) is 0 Å². The van der Waals surface area contributed by atoms with Crippen molar-refractivity contribution in [1.82, 2.24) is 9.97 Å². The molecule has 0 bridgehead atoms. The Kier molecular flexibility index (Phi) is 3.22. The lowest BCUT2D eigenvalue weighted by atomic mass is 9.97. The van der Waals surface area contributed by atoms with Crippen molar-refractivity contribution in [3.63, 3.8) is 0 Å². The van der Waals surface area contributed by atoms with Crippen LogP contribution in [0.5, 0.6) is 0 Å². The summed E-state index contributed by atoms with van der Waals surface area (Å²) >= 11 is 0. The number of benzene rings is 1. The number of fused-ring (bicyclic) bond motifs is 1. The molecule has 0 radical (unpaired) electrons. The van der Waals surface area contributed by atoms with E-state index in [9.17, 15) is 9.18 Å². The van der Waals surface area contributed by atoms with Gasteiger partial charge >= 0.3 is 0 Å². The highest BCUT2D eigenvalue weighted by molar-refractivity contribution is 5.90. The van der Waals surface area contributed by atoms with E-state index >= 15 is 0 Å². The number of halogens is 1. The van der Waals surface area contributed by atoms with Gasteiger partial charge in [-0.1, -0.05) is 6.07 Å². The van der Waals surface area contributed by atoms with Gasteiger partial charge in [-0.05, 0) is 25.0 Å². The van der Waals surface area contributed by atoms with Gasteiger partial charge < -0.3 is 10.6 Å². The smallest absolute Gasteiger partial charge is 0.222 e.